The summed E-state index contributed by atoms with van der Waals surface area (Å²) in [5.41, 5.74) is 4.24. The number of methoxy groups -OCH3 is 1. The van der Waals surface area contributed by atoms with Gasteiger partial charge in [0.1, 0.15) is 0 Å². The predicted octanol–water partition coefficient (Wildman–Crippen LogP) is 5.10. The van der Waals surface area contributed by atoms with Crippen LogP contribution in [0.5, 0.6) is 0 Å². The molecule has 0 unspecified atom stereocenters. The van der Waals surface area contributed by atoms with Crippen LogP contribution in [0, 0.1) is 0 Å². The fourth-order valence-corrected chi connectivity index (χ4v) is 4.98. The second-order valence-electron chi connectivity index (χ2n) is 8.84. The molecule has 0 saturated carbocycles. The molecule has 1 N–H and O–H groups in total. The van der Waals surface area contributed by atoms with Crippen molar-refractivity contribution in [3.05, 3.63) is 138 Å². The summed E-state index contributed by atoms with van der Waals surface area (Å²) in [6.07, 6.45) is 0.549. The maximum absolute atomic E-state index is 14.0. The quantitative estimate of drug-likeness (QED) is 0.269. The minimum Gasteiger partial charge on any atom is -0.382 e. The summed E-state index contributed by atoms with van der Waals surface area (Å²) in [6, 6.07) is 38.3. The van der Waals surface area contributed by atoms with Gasteiger partial charge in [-0.3, -0.25) is 14.9 Å². The molecular formula is C31H30N2O3. The van der Waals surface area contributed by atoms with Crippen LogP contribution in [0.25, 0.3) is 0 Å². The van der Waals surface area contributed by atoms with Crippen LogP contribution >= 0.6 is 0 Å². The third-order valence-corrected chi connectivity index (χ3v) is 6.65. The first-order chi connectivity index (χ1) is 17.7. The van der Waals surface area contributed by atoms with E-state index in [4.69, 9.17) is 9.57 Å². The topological polar surface area (TPSA) is 50.8 Å². The Balaban J connectivity index is 1.64. The number of hydrogen-bond donors (Lipinski definition) is 1. The second-order valence-corrected chi connectivity index (χ2v) is 8.84. The normalized spacial score (nSPS) is 15.5. The molecule has 4 aromatic carbocycles. The van der Waals surface area contributed by atoms with Gasteiger partial charge in [-0.1, -0.05) is 109 Å². The van der Waals surface area contributed by atoms with Gasteiger partial charge in [0, 0.05) is 7.11 Å². The van der Waals surface area contributed by atoms with E-state index >= 15 is 0 Å². The molecule has 0 aliphatic carbocycles. The zero-order valence-electron chi connectivity index (χ0n) is 20.3. The summed E-state index contributed by atoms with van der Waals surface area (Å²) in [5.74, 6) is -0.128. The van der Waals surface area contributed by atoms with Crippen LogP contribution in [0.15, 0.2) is 115 Å². The van der Waals surface area contributed by atoms with Gasteiger partial charge in [0.25, 0.3) is 5.91 Å². The monoisotopic (exact) mass is 478 g/mol. The predicted molar refractivity (Wildman–Crippen MR) is 142 cm³/mol. The number of hydrogen-bond acceptors (Lipinski definition) is 4. The largest absolute Gasteiger partial charge is 0.382 e. The van der Waals surface area contributed by atoms with Crippen LogP contribution in [0.4, 0.5) is 5.69 Å². The number of carbonyl (C=O) groups is 1. The van der Waals surface area contributed by atoms with Gasteiger partial charge in [0.05, 0.1) is 30.5 Å². The molecule has 5 rings (SSSR count). The van der Waals surface area contributed by atoms with Gasteiger partial charge in [0.2, 0.25) is 0 Å². The summed E-state index contributed by atoms with van der Waals surface area (Å²) >= 11 is 0. The maximum Gasteiger partial charge on any atom is 0.268 e. The molecule has 4 aromatic rings. The number of para-hydroxylation sites is 1. The second kappa shape index (κ2) is 10.9. The van der Waals surface area contributed by atoms with E-state index in [9.17, 15) is 4.79 Å². The van der Waals surface area contributed by atoms with Crippen molar-refractivity contribution in [2.24, 2.45) is 0 Å². The van der Waals surface area contributed by atoms with E-state index in [0.29, 0.717) is 13.0 Å². The fourth-order valence-electron chi connectivity index (χ4n) is 4.98. The highest BCUT2D eigenvalue weighted by molar-refractivity contribution is 5.98. The van der Waals surface area contributed by atoms with E-state index in [1.165, 1.54) is 5.06 Å². The molecule has 0 bridgehead atoms. The van der Waals surface area contributed by atoms with Crippen molar-refractivity contribution in [3.8, 4) is 0 Å². The number of amides is 1. The van der Waals surface area contributed by atoms with Gasteiger partial charge < -0.3 is 4.74 Å². The number of anilines is 1. The number of rotatable bonds is 9. The number of ether oxygens (including phenoxy) is 1. The molecule has 1 atom stereocenters. The van der Waals surface area contributed by atoms with Crippen molar-refractivity contribution in [1.29, 1.82) is 0 Å². The first-order valence-electron chi connectivity index (χ1n) is 12.2. The summed E-state index contributed by atoms with van der Waals surface area (Å²) in [5, 5.41) is 5.26. The van der Waals surface area contributed by atoms with Crippen LogP contribution in [0.2, 0.25) is 0 Å². The van der Waals surface area contributed by atoms with Crippen molar-refractivity contribution in [2.45, 2.75) is 18.0 Å². The SMILES string of the molecule is COCCON1C(=O)[C@@H](NC(c2ccccc2)(c2ccccc2)c2ccccc2)Cc2ccccc21. The third-order valence-electron chi connectivity index (χ3n) is 6.65. The fraction of sp³-hybridized carbons (Fsp3) is 0.194. The first-order valence-corrected chi connectivity index (χ1v) is 12.2. The van der Waals surface area contributed by atoms with E-state index in [1.807, 2.05) is 72.8 Å². The molecule has 1 aliphatic rings. The molecular weight excluding hydrogens is 448 g/mol. The lowest BCUT2D eigenvalue weighted by Crippen LogP contribution is -2.58. The Morgan fingerprint density at radius 1 is 0.750 bits per heavy atom. The zero-order chi connectivity index (χ0) is 24.8. The average Bonchev–Trinajstić information content (AvgIpc) is 2.95. The first kappa shape index (κ1) is 23.9. The van der Waals surface area contributed by atoms with Crippen LogP contribution in [0.1, 0.15) is 22.3 Å². The van der Waals surface area contributed by atoms with Crippen molar-refractivity contribution >= 4 is 11.6 Å². The third kappa shape index (κ3) is 4.56. The lowest BCUT2D eigenvalue weighted by molar-refractivity contribution is -0.129. The summed E-state index contributed by atoms with van der Waals surface area (Å²) in [7, 11) is 1.62. The van der Waals surface area contributed by atoms with Gasteiger partial charge in [-0.15, -0.1) is 0 Å². The molecule has 36 heavy (non-hydrogen) atoms. The Morgan fingerprint density at radius 2 is 1.25 bits per heavy atom. The van der Waals surface area contributed by atoms with Crippen LogP contribution in [0.3, 0.4) is 0 Å². The number of hydroxylamine groups is 1. The Bertz CT molecular complexity index is 1180. The van der Waals surface area contributed by atoms with E-state index in [1.54, 1.807) is 7.11 Å². The van der Waals surface area contributed by atoms with E-state index < -0.39 is 11.6 Å². The van der Waals surface area contributed by atoms with Crippen molar-refractivity contribution < 1.29 is 14.4 Å². The summed E-state index contributed by atoms with van der Waals surface area (Å²) in [4.78, 5) is 19.9. The van der Waals surface area contributed by atoms with Crippen LogP contribution in [-0.4, -0.2) is 32.3 Å². The Morgan fingerprint density at radius 3 is 1.78 bits per heavy atom. The lowest BCUT2D eigenvalue weighted by atomic mass is 9.76. The van der Waals surface area contributed by atoms with Crippen molar-refractivity contribution in [3.63, 3.8) is 0 Å². The lowest BCUT2D eigenvalue weighted by Gasteiger charge is -2.42. The number of nitrogens with zero attached hydrogens (tertiary/aromatic N) is 1. The van der Waals surface area contributed by atoms with E-state index in [2.05, 4.69) is 47.8 Å². The molecule has 0 fully saturated rings. The number of benzene rings is 4. The highest BCUT2D eigenvalue weighted by Crippen LogP contribution is 2.39. The number of nitrogens with one attached hydrogen (secondary N) is 1. The average molecular weight is 479 g/mol. The summed E-state index contributed by atoms with van der Waals surface area (Å²) < 4.78 is 5.16. The molecule has 0 spiro atoms. The molecule has 1 amide bonds. The van der Waals surface area contributed by atoms with Crippen LogP contribution in [-0.2, 0) is 26.3 Å². The van der Waals surface area contributed by atoms with Gasteiger partial charge in [-0.25, -0.2) is 0 Å². The molecule has 0 aromatic heterocycles. The van der Waals surface area contributed by atoms with E-state index in [-0.39, 0.29) is 12.5 Å². The number of carbonyl (C=O) groups excluding carboxylic acids is 1. The maximum atomic E-state index is 14.0. The zero-order valence-corrected chi connectivity index (χ0v) is 20.3. The molecule has 0 radical (unpaired) electrons. The van der Waals surface area contributed by atoms with Gasteiger partial charge in [-0.2, -0.15) is 5.06 Å². The van der Waals surface area contributed by atoms with Gasteiger partial charge >= 0.3 is 0 Å². The van der Waals surface area contributed by atoms with Gasteiger partial charge in [-0.05, 0) is 34.7 Å². The molecule has 182 valence electrons. The Labute approximate surface area is 212 Å². The van der Waals surface area contributed by atoms with Crippen molar-refractivity contribution in [2.75, 3.05) is 25.4 Å². The van der Waals surface area contributed by atoms with Crippen LogP contribution < -0.4 is 10.4 Å². The van der Waals surface area contributed by atoms with Crippen molar-refractivity contribution in [1.82, 2.24) is 5.32 Å². The Kier molecular flexibility index (Phi) is 7.23. The van der Waals surface area contributed by atoms with E-state index in [0.717, 1.165) is 27.9 Å². The highest BCUT2D eigenvalue weighted by atomic mass is 16.7. The smallest absolute Gasteiger partial charge is 0.268 e. The molecule has 0 saturated heterocycles. The Hall–Kier alpha value is -3.77. The molecule has 1 aliphatic heterocycles. The minimum absolute atomic E-state index is 0.128. The molecule has 5 heteroatoms. The number of fused-ring (bicyclic) bond motifs is 1. The molecule has 1 heterocycles. The summed E-state index contributed by atoms with van der Waals surface area (Å²) in [6.45, 7) is 0.677. The van der Waals surface area contributed by atoms with Gasteiger partial charge in [0.15, 0.2) is 0 Å². The minimum atomic E-state index is -0.755. The standard InChI is InChI=1S/C31H30N2O3/c1-35-21-22-36-33-29-20-12-11-13-24(29)23-28(30(33)34)32-31(25-14-5-2-6-15-25,26-16-7-3-8-17-26)27-18-9-4-10-19-27/h2-20,28,32H,21-23H2,1H3/t28-/m0/s1. The highest BCUT2D eigenvalue weighted by Gasteiger charge is 2.43. The molecule has 5 nitrogen and oxygen atoms in total.